The molecule has 2 fully saturated rings. The lowest BCUT2D eigenvalue weighted by Gasteiger charge is -2.60. The molecule has 4 N–H and O–H groups in total. The van der Waals surface area contributed by atoms with E-state index in [4.69, 9.17) is 10.5 Å². The van der Waals surface area contributed by atoms with Crippen molar-refractivity contribution in [2.24, 2.45) is 17.1 Å². The molecule has 0 aromatic carbocycles. The van der Waals surface area contributed by atoms with Crippen LogP contribution in [0.15, 0.2) is 0 Å². The van der Waals surface area contributed by atoms with Crippen LogP contribution in [0.25, 0.3) is 0 Å². The maximum absolute atomic E-state index is 12.5. The molecule has 3 amide bonds. The lowest BCUT2D eigenvalue weighted by Crippen LogP contribution is -2.80. The van der Waals surface area contributed by atoms with E-state index < -0.39 is 5.54 Å². The van der Waals surface area contributed by atoms with E-state index in [-0.39, 0.29) is 29.4 Å². The Morgan fingerprint density at radius 1 is 1.29 bits per heavy atom. The maximum atomic E-state index is 12.5. The van der Waals surface area contributed by atoms with Gasteiger partial charge in [0.15, 0.2) is 0 Å². The molecule has 0 spiro atoms. The van der Waals surface area contributed by atoms with E-state index in [2.05, 4.69) is 10.6 Å². The average Bonchev–Trinajstić information content (AvgIpc) is 2.90. The summed E-state index contributed by atoms with van der Waals surface area (Å²) in [5.41, 5.74) is 5.15. The molecule has 0 aromatic heterocycles. The molecule has 2 rings (SSSR count). The van der Waals surface area contributed by atoms with E-state index >= 15 is 0 Å². The second-order valence-electron chi connectivity index (χ2n) is 6.66. The van der Waals surface area contributed by atoms with Crippen molar-refractivity contribution in [3.8, 4) is 0 Å². The van der Waals surface area contributed by atoms with Gasteiger partial charge < -0.3 is 26.0 Å². The normalized spacial score (nSPS) is 32.8. The van der Waals surface area contributed by atoms with Crippen LogP contribution in [0, 0.1) is 11.3 Å². The molecule has 1 aliphatic carbocycles. The number of carbonyl (C=O) groups is 2. The number of amides is 3. The summed E-state index contributed by atoms with van der Waals surface area (Å²) in [4.78, 5) is 25.3. The van der Waals surface area contributed by atoms with Gasteiger partial charge in [-0.1, -0.05) is 13.8 Å². The van der Waals surface area contributed by atoms with Crippen molar-refractivity contribution in [2.75, 3.05) is 33.8 Å². The van der Waals surface area contributed by atoms with Gasteiger partial charge in [-0.05, 0) is 6.42 Å². The number of nitrogens with two attached hydrogens (primary N) is 1. The number of ether oxygens (including phenoxy) is 1. The quantitative estimate of drug-likeness (QED) is 0.611. The van der Waals surface area contributed by atoms with Gasteiger partial charge in [-0.3, -0.25) is 4.79 Å². The Morgan fingerprint density at radius 2 is 1.90 bits per heavy atom. The molecule has 7 nitrogen and oxygen atoms in total. The second kappa shape index (κ2) is 5.46. The van der Waals surface area contributed by atoms with E-state index in [1.165, 1.54) is 4.90 Å². The van der Waals surface area contributed by atoms with Gasteiger partial charge in [0.05, 0.1) is 6.10 Å². The zero-order valence-electron chi connectivity index (χ0n) is 13.2. The van der Waals surface area contributed by atoms with Gasteiger partial charge in [0.2, 0.25) is 5.91 Å². The van der Waals surface area contributed by atoms with Crippen LogP contribution in [0.3, 0.4) is 0 Å². The number of carbonyl (C=O) groups excluding carboxylic acids is 2. The van der Waals surface area contributed by atoms with Gasteiger partial charge in [-0.25, -0.2) is 4.79 Å². The number of nitrogens with one attached hydrogen (secondary N) is 2. The Balaban J connectivity index is 1.85. The summed E-state index contributed by atoms with van der Waals surface area (Å²) in [6.07, 6.45) is 0.900. The molecule has 1 saturated heterocycles. The molecule has 1 heterocycles. The van der Waals surface area contributed by atoms with Crippen LogP contribution >= 0.6 is 0 Å². The zero-order chi connectivity index (χ0) is 15.8. The molecule has 1 saturated carbocycles. The van der Waals surface area contributed by atoms with Crippen molar-refractivity contribution in [3.63, 3.8) is 0 Å². The van der Waals surface area contributed by atoms with Crippen LogP contribution in [-0.2, 0) is 9.53 Å². The van der Waals surface area contributed by atoms with Crippen molar-refractivity contribution >= 4 is 11.9 Å². The number of hydrogen-bond donors (Lipinski definition) is 3. The predicted octanol–water partition coefficient (Wildman–Crippen LogP) is -0.484. The van der Waals surface area contributed by atoms with Crippen LogP contribution in [-0.4, -0.2) is 62.3 Å². The lowest BCUT2D eigenvalue weighted by molar-refractivity contribution is -0.175. The zero-order valence-corrected chi connectivity index (χ0v) is 13.2. The van der Waals surface area contributed by atoms with E-state index in [1.807, 2.05) is 13.8 Å². The topological polar surface area (TPSA) is 96.7 Å². The summed E-state index contributed by atoms with van der Waals surface area (Å²) in [5, 5.41) is 5.53. The Hall–Kier alpha value is -1.34. The fraction of sp³-hybridized carbons (Fsp3) is 0.857. The van der Waals surface area contributed by atoms with Crippen molar-refractivity contribution in [1.29, 1.82) is 0 Å². The van der Waals surface area contributed by atoms with E-state index in [1.54, 1.807) is 14.1 Å². The second-order valence-corrected chi connectivity index (χ2v) is 6.66. The van der Waals surface area contributed by atoms with Crippen LogP contribution in [0.2, 0.25) is 0 Å². The lowest BCUT2D eigenvalue weighted by atomic mass is 9.48. The van der Waals surface area contributed by atoms with Crippen LogP contribution in [0.4, 0.5) is 4.79 Å². The van der Waals surface area contributed by atoms with Crippen LogP contribution in [0.1, 0.15) is 20.3 Å². The molecule has 0 bridgehead atoms. The fourth-order valence-electron chi connectivity index (χ4n) is 3.50. The molecule has 7 heteroatoms. The van der Waals surface area contributed by atoms with Gasteiger partial charge in [-0.15, -0.1) is 0 Å². The molecule has 3 unspecified atom stereocenters. The minimum atomic E-state index is -0.889. The highest BCUT2D eigenvalue weighted by Crippen LogP contribution is 2.58. The standard InChI is InChI=1S/C14H26N4O3/c1-13(2)10-9(5-8-21-10)14(13,15)11(19)16-6-7-17-12(20)18(3)4/h9-10H,5-8,15H2,1-4H3,(H,16,19)(H,17,20). The molecule has 0 radical (unpaired) electrons. The molecule has 21 heavy (non-hydrogen) atoms. The van der Waals surface area contributed by atoms with Gasteiger partial charge in [0, 0.05) is 45.1 Å². The van der Waals surface area contributed by atoms with E-state index in [0.717, 1.165) is 6.42 Å². The predicted molar refractivity (Wildman–Crippen MR) is 78.6 cm³/mol. The molecule has 2 aliphatic rings. The molecule has 1 aliphatic heterocycles. The number of fused-ring (bicyclic) bond motifs is 1. The van der Waals surface area contributed by atoms with Crippen molar-refractivity contribution in [3.05, 3.63) is 0 Å². The highest BCUT2D eigenvalue weighted by molar-refractivity contribution is 5.89. The third-order valence-corrected chi connectivity index (χ3v) is 4.92. The Kier molecular flexibility index (Phi) is 4.17. The molecule has 3 atom stereocenters. The summed E-state index contributed by atoms with van der Waals surface area (Å²) in [5.74, 6) is -0.0674. The van der Waals surface area contributed by atoms with E-state index in [0.29, 0.717) is 19.7 Å². The molecular formula is C14H26N4O3. The summed E-state index contributed by atoms with van der Waals surface area (Å²) in [6.45, 7) is 5.37. The summed E-state index contributed by atoms with van der Waals surface area (Å²) >= 11 is 0. The van der Waals surface area contributed by atoms with Crippen LogP contribution < -0.4 is 16.4 Å². The minimum absolute atomic E-state index is 0.0710. The number of rotatable bonds is 4. The minimum Gasteiger partial charge on any atom is -0.377 e. The third-order valence-electron chi connectivity index (χ3n) is 4.92. The molecule has 120 valence electrons. The van der Waals surface area contributed by atoms with Crippen molar-refractivity contribution in [2.45, 2.75) is 31.9 Å². The molecule has 0 aromatic rings. The van der Waals surface area contributed by atoms with Crippen molar-refractivity contribution in [1.82, 2.24) is 15.5 Å². The SMILES string of the molecule is CN(C)C(=O)NCCNC(=O)C1(N)C2CCOC2C1(C)C. The number of hydrogen-bond acceptors (Lipinski definition) is 4. The fourth-order valence-corrected chi connectivity index (χ4v) is 3.50. The Bertz CT molecular complexity index is 438. The largest absolute Gasteiger partial charge is 0.377 e. The van der Waals surface area contributed by atoms with E-state index in [9.17, 15) is 9.59 Å². The van der Waals surface area contributed by atoms with Gasteiger partial charge in [0.1, 0.15) is 5.54 Å². The van der Waals surface area contributed by atoms with Crippen molar-refractivity contribution < 1.29 is 14.3 Å². The smallest absolute Gasteiger partial charge is 0.316 e. The first-order valence-electron chi connectivity index (χ1n) is 7.37. The molecular weight excluding hydrogens is 272 g/mol. The first-order valence-corrected chi connectivity index (χ1v) is 7.37. The maximum Gasteiger partial charge on any atom is 0.316 e. The Morgan fingerprint density at radius 3 is 2.52 bits per heavy atom. The van der Waals surface area contributed by atoms with Crippen LogP contribution in [0.5, 0.6) is 0 Å². The highest BCUT2D eigenvalue weighted by atomic mass is 16.5. The first kappa shape index (κ1) is 16.0. The first-order chi connectivity index (χ1) is 9.73. The number of nitrogens with zero attached hydrogens (tertiary/aromatic N) is 1. The monoisotopic (exact) mass is 298 g/mol. The summed E-state index contributed by atoms with van der Waals surface area (Å²) < 4.78 is 5.67. The summed E-state index contributed by atoms with van der Waals surface area (Å²) in [6, 6.07) is -0.181. The van der Waals surface area contributed by atoms with Gasteiger partial charge in [0.25, 0.3) is 0 Å². The number of urea groups is 1. The van der Waals surface area contributed by atoms with Gasteiger partial charge in [-0.2, -0.15) is 0 Å². The third kappa shape index (κ3) is 2.38. The highest BCUT2D eigenvalue weighted by Gasteiger charge is 2.71. The van der Waals surface area contributed by atoms with Gasteiger partial charge >= 0.3 is 6.03 Å². The Labute approximate surface area is 125 Å². The average molecular weight is 298 g/mol. The summed E-state index contributed by atoms with van der Waals surface area (Å²) in [7, 11) is 3.33.